The van der Waals surface area contributed by atoms with Gasteiger partial charge in [0.1, 0.15) is 17.4 Å². The molecular formula is C25H25ClF3N5O2. The summed E-state index contributed by atoms with van der Waals surface area (Å²) in [6.45, 7) is 3.08. The Morgan fingerprint density at radius 2 is 1.97 bits per heavy atom. The SMILES string of the molecule is Cc1nc([C@H]2CCCN2C(=O)NC2CCOc3cc(C(F)(F)F)ccc32)n(Cc2ccc(Cl)cc2)n1. The zero-order chi connectivity index (χ0) is 25.4. The molecule has 11 heteroatoms. The summed E-state index contributed by atoms with van der Waals surface area (Å²) >= 11 is 6.00. The predicted molar refractivity (Wildman–Crippen MR) is 127 cm³/mol. The van der Waals surface area contributed by atoms with Crippen molar-refractivity contribution >= 4 is 17.6 Å². The van der Waals surface area contributed by atoms with Gasteiger partial charge in [-0.1, -0.05) is 29.8 Å². The van der Waals surface area contributed by atoms with Gasteiger partial charge in [0.2, 0.25) is 0 Å². The number of ether oxygens (including phenoxy) is 1. The molecule has 1 unspecified atom stereocenters. The number of aromatic nitrogens is 3. The van der Waals surface area contributed by atoms with Crippen LogP contribution in [0.5, 0.6) is 5.75 Å². The number of hydrogen-bond acceptors (Lipinski definition) is 4. The van der Waals surface area contributed by atoms with Gasteiger partial charge in [0, 0.05) is 23.6 Å². The molecule has 2 aromatic carbocycles. The van der Waals surface area contributed by atoms with Crippen molar-refractivity contribution < 1.29 is 22.7 Å². The highest BCUT2D eigenvalue weighted by atomic mass is 35.5. The molecule has 2 atom stereocenters. The quantitative estimate of drug-likeness (QED) is 0.481. The van der Waals surface area contributed by atoms with E-state index in [0.717, 1.165) is 30.5 Å². The van der Waals surface area contributed by atoms with Crippen molar-refractivity contribution in [1.82, 2.24) is 25.0 Å². The highest BCUT2D eigenvalue weighted by Crippen LogP contribution is 2.38. The molecule has 36 heavy (non-hydrogen) atoms. The molecule has 1 fully saturated rings. The summed E-state index contributed by atoms with van der Waals surface area (Å²) in [5.74, 6) is 1.47. The maximum absolute atomic E-state index is 13.4. The number of benzene rings is 2. The van der Waals surface area contributed by atoms with Crippen molar-refractivity contribution in [3.8, 4) is 5.75 Å². The third kappa shape index (κ3) is 5.00. The van der Waals surface area contributed by atoms with E-state index in [1.807, 2.05) is 35.9 Å². The number of carbonyl (C=O) groups is 1. The zero-order valence-electron chi connectivity index (χ0n) is 19.6. The smallest absolute Gasteiger partial charge is 0.416 e. The van der Waals surface area contributed by atoms with Crippen LogP contribution < -0.4 is 10.1 Å². The van der Waals surface area contributed by atoms with Crippen LogP contribution in [-0.2, 0) is 12.7 Å². The third-order valence-corrected chi connectivity index (χ3v) is 6.79. The molecule has 190 valence electrons. The van der Waals surface area contributed by atoms with Crippen molar-refractivity contribution in [1.29, 1.82) is 0 Å². The number of rotatable bonds is 4. The summed E-state index contributed by atoms with van der Waals surface area (Å²) in [5.41, 5.74) is 0.778. The van der Waals surface area contributed by atoms with Gasteiger partial charge >= 0.3 is 12.2 Å². The fraction of sp³-hybridized carbons (Fsp3) is 0.400. The number of hydrogen-bond donors (Lipinski definition) is 1. The number of halogens is 4. The molecule has 3 heterocycles. The van der Waals surface area contributed by atoms with Gasteiger partial charge in [-0.2, -0.15) is 18.3 Å². The Morgan fingerprint density at radius 3 is 2.72 bits per heavy atom. The fourth-order valence-corrected chi connectivity index (χ4v) is 4.95. The van der Waals surface area contributed by atoms with E-state index < -0.39 is 17.8 Å². The average Bonchev–Trinajstić information content (AvgIpc) is 3.46. The minimum Gasteiger partial charge on any atom is -0.493 e. The summed E-state index contributed by atoms with van der Waals surface area (Å²) in [6.07, 6.45) is -2.44. The van der Waals surface area contributed by atoms with Gasteiger partial charge in [0.05, 0.1) is 30.8 Å². The minimum absolute atomic E-state index is 0.151. The Bertz CT molecular complexity index is 1260. The molecule has 1 aromatic heterocycles. The molecule has 0 saturated carbocycles. The standard InChI is InChI=1S/C25H25ClF3N5O2/c1-15-30-23(34(32-15)14-16-4-7-18(26)8-5-16)21-3-2-11-33(21)24(35)31-20-10-12-36-22-13-17(25(27,28)29)6-9-19(20)22/h4-9,13,20-21H,2-3,10-12,14H2,1H3,(H,31,35)/t20?,21-/m1/s1. The lowest BCUT2D eigenvalue weighted by molar-refractivity contribution is -0.137. The second-order valence-electron chi connectivity index (χ2n) is 9.04. The summed E-state index contributed by atoms with van der Waals surface area (Å²) in [5, 5.41) is 8.21. The average molecular weight is 520 g/mol. The van der Waals surface area contributed by atoms with E-state index in [2.05, 4.69) is 15.4 Å². The summed E-state index contributed by atoms with van der Waals surface area (Å²) in [7, 11) is 0. The molecule has 3 aromatic rings. The van der Waals surface area contributed by atoms with E-state index in [4.69, 9.17) is 16.3 Å². The van der Waals surface area contributed by atoms with Crippen LogP contribution in [0.1, 0.15) is 59.7 Å². The van der Waals surface area contributed by atoms with Crippen LogP contribution in [0, 0.1) is 6.92 Å². The molecular weight excluding hydrogens is 495 g/mol. The van der Waals surface area contributed by atoms with E-state index in [0.29, 0.717) is 41.7 Å². The van der Waals surface area contributed by atoms with Gasteiger partial charge in [-0.05, 0) is 49.6 Å². The van der Waals surface area contributed by atoms with Crippen LogP contribution in [0.2, 0.25) is 5.02 Å². The molecule has 2 aliphatic rings. The molecule has 0 aliphatic carbocycles. The number of fused-ring (bicyclic) bond motifs is 1. The number of aryl methyl sites for hydroxylation is 1. The Kier molecular flexibility index (Phi) is 6.55. The Labute approximate surface area is 211 Å². The second kappa shape index (κ2) is 9.65. The number of nitrogens with zero attached hydrogens (tertiary/aromatic N) is 4. The number of nitrogens with one attached hydrogen (secondary N) is 1. The zero-order valence-corrected chi connectivity index (χ0v) is 20.3. The van der Waals surface area contributed by atoms with E-state index in [1.54, 1.807) is 4.90 Å². The van der Waals surface area contributed by atoms with Gasteiger partial charge in [0.25, 0.3) is 0 Å². The second-order valence-corrected chi connectivity index (χ2v) is 9.48. The fourth-order valence-electron chi connectivity index (χ4n) is 4.82. The van der Waals surface area contributed by atoms with Crippen LogP contribution in [0.4, 0.5) is 18.0 Å². The third-order valence-electron chi connectivity index (χ3n) is 6.54. The summed E-state index contributed by atoms with van der Waals surface area (Å²) in [4.78, 5) is 19.7. The Balaban J connectivity index is 1.34. The van der Waals surface area contributed by atoms with Crippen LogP contribution in [0.15, 0.2) is 42.5 Å². The molecule has 0 radical (unpaired) electrons. The van der Waals surface area contributed by atoms with Crippen molar-refractivity contribution in [3.05, 3.63) is 75.8 Å². The first-order valence-electron chi connectivity index (χ1n) is 11.8. The van der Waals surface area contributed by atoms with Crippen molar-refractivity contribution in [2.24, 2.45) is 0 Å². The summed E-state index contributed by atoms with van der Waals surface area (Å²) in [6, 6.07) is 9.90. The highest BCUT2D eigenvalue weighted by molar-refractivity contribution is 6.30. The molecule has 5 rings (SSSR count). The lowest BCUT2D eigenvalue weighted by Gasteiger charge is -2.31. The number of carbonyl (C=O) groups excluding carboxylic acids is 1. The first-order valence-corrected chi connectivity index (χ1v) is 12.1. The Hall–Kier alpha value is -3.27. The number of amides is 2. The first kappa shape index (κ1) is 24.4. The van der Waals surface area contributed by atoms with Gasteiger partial charge < -0.3 is 15.0 Å². The molecule has 1 saturated heterocycles. The molecule has 2 amide bonds. The lowest BCUT2D eigenvalue weighted by Crippen LogP contribution is -2.43. The van der Waals surface area contributed by atoms with Gasteiger partial charge in [0.15, 0.2) is 0 Å². The summed E-state index contributed by atoms with van der Waals surface area (Å²) < 4.78 is 46.6. The van der Waals surface area contributed by atoms with E-state index >= 15 is 0 Å². The number of likely N-dealkylation sites (tertiary alicyclic amines) is 1. The number of alkyl halides is 3. The van der Waals surface area contributed by atoms with Crippen LogP contribution in [-0.4, -0.2) is 38.8 Å². The monoisotopic (exact) mass is 519 g/mol. The van der Waals surface area contributed by atoms with Crippen molar-refractivity contribution in [2.45, 2.75) is 51.0 Å². The topological polar surface area (TPSA) is 72.3 Å². The molecule has 7 nitrogen and oxygen atoms in total. The molecule has 0 spiro atoms. The minimum atomic E-state index is -4.46. The molecule has 2 aliphatic heterocycles. The Morgan fingerprint density at radius 1 is 1.19 bits per heavy atom. The van der Waals surface area contributed by atoms with Gasteiger partial charge in [-0.3, -0.25) is 0 Å². The van der Waals surface area contributed by atoms with Crippen molar-refractivity contribution in [2.75, 3.05) is 13.2 Å². The van der Waals surface area contributed by atoms with Crippen LogP contribution in [0.25, 0.3) is 0 Å². The normalized spacial score (nSPS) is 19.6. The lowest BCUT2D eigenvalue weighted by atomic mass is 9.98. The van der Waals surface area contributed by atoms with Crippen LogP contribution in [0.3, 0.4) is 0 Å². The maximum Gasteiger partial charge on any atom is 0.416 e. The van der Waals surface area contributed by atoms with E-state index in [-0.39, 0.29) is 24.4 Å². The van der Waals surface area contributed by atoms with Crippen molar-refractivity contribution in [3.63, 3.8) is 0 Å². The molecule has 0 bridgehead atoms. The number of urea groups is 1. The molecule has 1 N–H and O–H groups in total. The first-order chi connectivity index (χ1) is 17.2. The maximum atomic E-state index is 13.4. The van der Waals surface area contributed by atoms with E-state index in [1.165, 1.54) is 6.07 Å². The van der Waals surface area contributed by atoms with Gasteiger partial charge in [-0.25, -0.2) is 14.5 Å². The van der Waals surface area contributed by atoms with E-state index in [9.17, 15) is 18.0 Å². The predicted octanol–water partition coefficient (Wildman–Crippen LogP) is 5.68. The largest absolute Gasteiger partial charge is 0.493 e. The highest BCUT2D eigenvalue weighted by Gasteiger charge is 2.37. The van der Waals surface area contributed by atoms with Gasteiger partial charge in [-0.15, -0.1) is 0 Å². The van der Waals surface area contributed by atoms with Crippen LogP contribution >= 0.6 is 11.6 Å².